The molecule has 3 nitrogen and oxygen atoms in total. The number of thioether (sulfide) groups is 1. The third-order valence-electron chi connectivity index (χ3n) is 2.94. The highest BCUT2D eigenvalue weighted by atomic mass is 32.2. The van der Waals surface area contributed by atoms with E-state index in [0.717, 1.165) is 31.8 Å². The smallest absolute Gasteiger partial charge is 0.230 e. The number of rotatable bonds is 2. The molecule has 1 N–H and O–H groups in total. The molecule has 1 aromatic carbocycles. The molecule has 0 atom stereocenters. The Morgan fingerprint density at radius 1 is 1.32 bits per heavy atom. The number of nitrogens with zero attached hydrogens (tertiary/aromatic N) is 2. The maximum Gasteiger partial charge on any atom is 0.230 e. The molecule has 0 fully saturated rings. The van der Waals surface area contributed by atoms with Gasteiger partial charge in [0.05, 0.1) is 10.6 Å². The van der Waals surface area contributed by atoms with Crippen molar-refractivity contribution in [2.45, 2.75) is 11.3 Å². The largest absolute Gasteiger partial charge is 0.492 e. The first-order valence-electron chi connectivity index (χ1n) is 5.79. The molecule has 2 heterocycles. The molecule has 3 rings (SSSR count). The van der Waals surface area contributed by atoms with Gasteiger partial charge in [-0.05, 0) is 25.3 Å². The van der Waals surface area contributed by atoms with Gasteiger partial charge in [-0.25, -0.2) is 0 Å². The number of benzene rings is 1. The van der Waals surface area contributed by atoms with Crippen molar-refractivity contribution < 1.29 is 5.11 Å². The highest BCUT2D eigenvalue weighted by Crippen LogP contribution is 2.38. The van der Waals surface area contributed by atoms with Crippen LogP contribution in [0.25, 0.3) is 11.6 Å². The molecule has 1 aliphatic heterocycles. The molecule has 1 aliphatic rings. The van der Waals surface area contributed by atoms with Crippen molar-refractivity contribution >= 4 is 46.1 Å². The number of allylic oxidation sites excluding steroid dienone is 1. The molecule has 96 valence electrons. The van der Waals surface area contributed by atoms with Crippen molar-refractivity contribution in [2.75, 3.05) is 6.26 Å². The zero-order chi connectivity index (χ0) is 13.4. The Morgan fingerprint density at radius 2 is 2.11 bits per heavy atom. The molecule has 0 unspecified atom stereocenters. The van der Waals surface area contributed by atoms with Crippen LogP contribution in [0.2, 0.25) is 0 Å². The van der Waals surface area contributed by atoms with E-state index in [1.54, 1.807) is 0 Å². The normalized spacial score (nSPS) is 15.7. The van der Waals surface area contributed by atoms with Gasteiger partial charge in [-0.1, -0.05) is 30.0 Å². The molecule has 0 saturated carbocycles. The molecule has 0 saturated heterocycles. The van der Waals surface area contributed by atoms with Crippen LogP contribution < -0.4 is 0 Å². The lowest BCUT2D eigenvalue weighted by atomic mass is 10.0. The Labute approximate surface area is 119 Å². The number of aromatic nitrogens is 1. The average Bonchev–Trinajstić information content (AvgIpc) is 2.92. The van der Waals surface area contributed by atoms with Gasteiger partial charge in [-0.3, -0.25) is 4.99 Å². The molecule has 0 spiro atoms. The summed E-state index contributed by atoms with van der Waals surface area (Å²) in [7, 11) is 0. The fourth-order valence-electron chi connectivity index (χ4n) is 2.03. The van der Waals surface area contributed by atoms with E-state index in [1.807, 2.05) is 37.5 Å². The number of para-hydroxylation sites is 1. The second kappa shape index (κ2) is 4.83. The van der Waals surface area contributed by atoms with E-state index in [2.05, 4.69) is 16.0 Å². The van der Waals surface area contributed by atoms with Gasteiger partial charge in [0, 0.05) is 16.8 Å². The number of fused-ring (bicyclic) bond motifs is 1. The number of aromatic hydroxyl groups is 1. The molecular formula is C14H12N2OS2. The van der Waals surface area contributed by atoms with E-state index in [1.165, 1.54) is 23.1 Å². The number of hydrogen-bond acceptors (Lipinski definition) is 5. The minimum atomic E-state index is 0.0963. The molecule has 2 aromatic rings. The van der Waals surface area contributed by atoms with Crippen molar-refractivity contribution in [3.63, 3.8) is 0 Å². The minimum Gasteiger partial charge on any atom is -0.492 e. The first kappa shape index (κ1) is 12.4. The molecular weight excluding hydrogens is 276 g/mol. The molecule has 0 amide bonds. The third kappa shape index (κ3) is 2.19. The Balaban J connectivity index is 2.09. The Hall–Kier alpha value is -1.59. The number of thiazole rings is 1. The topological polar surface area (TPSA) is 45.5 Å². The predicted octanol–water partition coefficient (Wildman–Crippen LogP) is 4.22. The lowest BCUT2D eigenvalue weighted by molar-refractivity contribution is 0.453. The van der Waals surface area contributed by atoms with Crippen molar-refractivity contribution in [3.05, 3.63) is 34.7 Å². The summed E-state index contributed by atoms with van der Waals surface area (Å²) in [6, 6.07) is 8.03. The van der Waals surface area contributed by atoms with Gasteiger partial charge in [0.15, 0.2) is 4.34 Å². The van der Waals surface area contributed by atoms with Crippen LogP contribution in [0.5, 0.6) is 5.88 Å². The standard InChI is InChI=1S/C14H12N2OS2/c1-8-10(9-5-3-4-6-11(9)15-8)7-12-13(17)16-14(18-2)19-12/h3-7,17H,1-2H3/b10-7+. The van der Waals surface area contributed by atoms with Gasteiger partial charge < -0.3 is 5.11 Å². The highest BCUT2D eigenvalue weighted by Gasteiger charge is 2.18. The Morgan fingerprint density at radius 3 is 2.84 bits per heavy atom. The summed E-state index contributed by atoms with van der Waals surface area (Å²) in [5.41, 5.74) is 4.13. The van der Waals surface area contributed by atoms with Crippen molar-refractivity contribution in [1.82, 2.24) is 4.98 Å². The maximum absolute atomic E-state index is 9.86. The predicted molar refractivity (Wildman–Crippen MR) is 82.6 cm³/mol. The van der Waals surface area contributed by atoms with Crippen LogP contribution in [0.15, 0.2) is 33.6 Å². The fourth-order valence-corrected chi connectivity index (χ4v) is 3.45. The summed E-state index contributed by atoms with van der Waals surface area (Å²) >= 11 is 3.03. The van der Waals surface area contributed by atoms with Crippen LogP contribution in [0.1, 0.15) is 17.4 Å². The molecule has 0 radical (unpaired) electrons. The number of hydrogen-bond donors (Lipinski definition) is 1. The summed E-state index contributed by atoms with van der Waals surface area (Å²) in [6.07, 6.45) is 3.92. The van der Waals surface area contributed by atoms with Crippen LogP contribution in [0.4, 0.5) is 5.69 Å². The first-order valence-corrected chi connectivity index (χ1v) is 7.83. The van der Waals surface area contributed by atoms with Crippen molar-refractivity contribution in [3.8, 4) is 5.88 Å². The summed E-state index contributed by atoms with van der Waals surface area (Å²) in [6.45, 7) is 1.99. The van der Waals surface area contributed by atoms with Crippen molar-refractivity contribution in [2.24, 2.45) is 4.99 Å². The minimum absolute atomic E-state index is 0.0963. The molecule has 1 aromatic heterocycles. The van der Waals surface area contributed by atoms with Crippen molar-refractivity contribution in [1.29, 1.82) is 0 Å². The zero-order valence-electron chi connectivity index (χ0n) is 10.5. The first-order chi connectivity index (χ1) is 9.19. The average molecular weight is 288 g/mol. The fraction of sp³-hybridized carbons (Fsp3) is 0.143. The van der Waals surface area contributed by atoms with E-state index < -0.39 is 0 Å². The van der Waals surface area contributed by atoms with Gasteiger partial charge in [0.25, 0.3) is 0 Å². The van der Waals surface area contributed by atoms with E-state index >= 15 is 0 Å². The van der Waals surface area contributed by atoms with E-state index in [9.17, 15) is 5.11 Å². The maximum atomic E-state index is 9.86. The Kier molecular flexibility index (Phi) is 3.16. The van der Waals surface area contributed by atoms with Crippen LogP contribution in [-0.2, 0) is 0 Å². The van der Waals surface area contributed by atoms with Crippen LogP contribution in [-0.4, -0.2) is 22.1 Å². The van der Waals surface area contributed by atoms with E-state index in [4.69, 9.17) is 0 Å². The Bertz CT molecular complexity index is 701. The third-order valence-corrected chi connectivity index (χ3v) is 4.91. The van der Waals surface area contributed by atoms with E-state index in [0.29, 0.717) is 0 Å². The highest BCUT2D eigenvalue weighted by molar-refractivity contribution is 8.00. The molecule has 5 heteroatoms. The van der Waals surface area contributed by atoms with Gasteiger partial charge in [-0.15, -0.1) is 11.3 Å². The number of aliphatic imine (C=N–C) groups is 1. The monoisotopic (exact) mass is 288 g/mol. The molecule has 0 aliphatic carbocycles. The SMILES string of the molecule is CSc1nc(O)c(/C=C2\C(C)=Nc3ccccc32)s1. The van der Waals surface area contributed by atoms with E-state index in [-0.39, 0.29) is 5.88 Å². The quantitative estimate of drug-likeness (QED) is 0.842. The second-order valence-corrected chi connectivity index (χ2v) is 6.23. The van der Waals surface area contributed by atoms with Crippen LogP contribution >= 0.6 is 23.1 Å². The van der Waals surface area contributed by atoms with Gasteiger partial charge >= 0.3 is 0 Å². The van der Waals surface area contributed by atoms with Gasteiger partial charge in [-0.2, -0.15) is 4.98 Å². The second-order valence-electron chi connectivity index (χ2n) is 4.14. The van der Waals surface area contributed by atoms with Crippen LogP contribution in [0, 0.1) is 0 Å². The zero-order valence-corrected chi connectivity index (χ0v) is 12.2. The molecule has 0 bridgehead atoms. The van der Waals surface area contributed by atoms with Gasteiger partial charge in [0.2, 0.25) is 5.88 Å². The van der Waals surface area contributed by atoms with Crippen LogP contribution in [0.3, 0.4) is 0 Å². The summed E-state index contributed by atoms with van der Waals surface area (Å²) in [5.74, 6) is 0.0963. The molecule has 19 heavy (non-hydrogen) atoms. The summed E-state index contributed by atoms with van der Waals surface area (Å²) < 4.78 is 0.866. The lowest BCUT2D eigenvalue weighted by Gasteiger charge is -2.00. The summed E-state index contributed by atoms with van der Waals surface area (Å²) in [4.78, 5) is 9.42. The van der Waals surface area contributed by atoms with Gasteiger partial charge in [0.1, 0.15) is 0 Å². The lowest BCUT2D eigenvalue weighted by Crippen LogP contribution is -1.89. The summed E-state index contributed by atoms with van der Waals surface area (Å²) in [5, 5.41) is 9.86.